The molecule has 2 N–H and O–H groups in total. The number of hydrogen-bond donors (Lipinski definition) is 2. The molecule has 1 aromatic carbocycles. The van der Waals surface area contributed by atoms with Crippen LogP contribution in [-0.4, -0.2) is 36.6 Å². The van der Waals surface area contributed by atoms with Crippen molar-refractivity contribution in [2.24, 2.45) is 0 Å². The predicted octanol–water partition coefficient (Wildman–Crippen LogP) is 2.95. The van der Waals surface area contributed by atoms with E-state index >= 15 is 0 Å². The lowest BCUT2D eigenvalue weighted by Crippen LogP contribution is -2.41. The van der Waals surface area contributed by atoms with Gasteiger partial charge in [-0.1, -0.05) is 24.6 Å². The maximum Gasteiger partial charge on any atom is 0.319 e. The SMILES string of the molecule is CCN1CCCC1CNC(=O)Nc1cccc(Cl)c1. The van der Waals surface area contributed by atoms with Crippen molar-refractivity contribution in [1.29, 1.82) is 0 Å². The third kappa shape index (κ3) is 4.11. The molecule has 1 heterocycles. The summed E-state index contributed by atoms with van der Waals surface area (Å²) in [6.45, 7) is 5.03. The second-order valence-corrected chi connectivity index (χ2v) is 5.21. The predicted molar refractivity (Wildman–Crippen MR) is 78.7 cm³/mol. The van der Waals surface area contributed by atoms with Crippen molar-refractivity contribution in [1.82, 2.24) is 10.2 Å². The summed E-state index contributed by atoms with van der Waals surface area (Å²) in [7, 11) is 0. The Bertz CT molecular complexity index is 438. The third-order valence-electron chi connectivity index (χ3n) is 3.49. The topological polar surface area (TPSA) is 44.4 Å². The van der Waals surface area contributed by atoms with E-state index in [0.717, 1.165) is 19.5 Å². The first-order valence-corrected chi connectivity index (χ1v) is 7.11. The minimum Gasteiger partial charge on any atom is -0.336 e. The number of benzene rings is 1. The Labute approximate surface area is 119 Å². The Hall–Kier alpha value is -1.26. The molecule has 0 radical (unpaired) electrons. The molecule has 1 fully saturated rings. The highest BCUT2D eigenvalue weighted by Gasteiger charge is 2.22. The molecule has 2 rings (SSSR count). The fraction of sp³-hybridized carbons (Fsp3) is 0.500. The highest BCUT2D eigenvalue weighted by molar-refractivity contribution is 6.30. The molecule has 0 aromatic heterocycles. The maximum atomic E-state index is 11.8. The number of nitrogens with zero attached hydrogens (tertiary/aromatic N) is 1. The fourth-order valence-electron chi connectivity index (χ4n) is 2.49. The molecule has 0 aliphatic carbocycles. The molecule has 104 valence electrons. The van der Waals surface area contributed by atoms with Crippen molar-refractivity contribution in [3.05, 3.63) is 29.3 Å². The second kappa shape index (κ2) is 6.78. The Morgan fingerprint density at radius 2 is 2.37 bits per heavy atom. The van der Waals surface area contributed by atoms with E-state index in [9.17, 15) is 4.79 Å². The first-order valence-electron chi connectivity index (χ1n) is 6.73. The largest absolute Gasteiger partial charge is 0.336 e. The van der Waals surface area contributed by atoms with E-state index in [0.29, 0.717) is 23.3 Å². The molecular formula is C14H20ClN3O. The monoisotopic (exact) mass is 281 g/mol. The minimum atomic E-state index is -0.176. The van der Waals surface area contributed by atoms with Gasteiger partial charge in [0.25, 0.3) is 0 Å². The van der Waals surface area contributed by atoms with Gasteiger partial charge in [0.1, 0.15) is 0 Å². The van der Waals surface area contributed by atoms with E-state index in [-0.39, 0.29) is 6.03 Å². The van der Waals surface area contributed by atoms with E-state index in [1.54, 1.807) is 12.1 Å². The van der Waals surface area contributed by atoms with Crippen molar-refractivity contribution < 1.29 is 4.79 Å². The molecule has 2 amide bonds. The number of likely N-dealkylation sites (tertiary alicyclic amines) is 1. The number of nitrogens with one attached hydrogen (secondary N) is 2. The molecule has 1 aliphatic rings. The van der Waals surface area contributed by atoms with Crippen LogP contribution in [0.3, 0.4) is 0 Å². The average Bonchev–Trinajstić information content (AvgIpc) is 2.83. The number of halogens is 1. The van der Waals surface area contributed by atoms with Crippen LogP contribution in [0.5, 0.6) is 0 Å². The van der Waals surface area contributed by atoms with Crippen LogP contribution < -0.4 is 10.6 Å². The fourth-order valence-corrected chi connectivity index (χ4v) is 2.68. The van der Waals surface area contributed by atoms with E-state index in [1.807, 2.05) is 12.1 Å². The maximum absolute atomic E-state index is 11.8. The Balaban J connectivity index is 1.78. The van der Waals surface area contributed by atoms with Crippen LogP contribution in [0, 0.1) is 0 Å². The molecule has 0 spiro atoms. The highest BCUT2D eigenvalue weighted by Crippen LogP contribution is 2.16. The van der Waals surface area contributed by atoms with Crippen LogP contribution >= 0.6 is 11.6 Å². The number of anilines is 1. The number of amides is 2. The lowest BCUT2D eigenvalue weighted by atomic mass is 10.2. The number of hydrogen-bond acceptors (Lipinski definition) is 2. The number of urea groups is 1. The summed E-state index contributed by atoms with van der Waals surface area (Å²) in [5, 5.41) is 6.33. The van der Waals surface area contributed by atoms with Gasteiger partial charge < -0.3 is 10.6 Å². The van der Waals surface area contributed by atoms with E-state index < -0.39 is 0 Å². The van der Waals surface area contributed by atoms with Crippen LogP contribution in [0.1, 0.15) is 19.8 Å². The molecule has 0 saturated carbocycles. The van der Waals surface area contributed by atoms with Gasteiger partial charge in [0.05, 0.1) is 0 Å². The number of likely N-dealkylation sites (N-methyl/N-ethyl adjacent to an activating group) is 1. The highest BCUT2D eigenvalue weighted by atomic mass is 35.5. The summed E-state index contributed by atoms with van der Waals surface area (Å²) in [5.41, 5.74) is 0.712. The van der Waals surface area contributed by atoms with E-state index in [1.165, 1.54) is 6.42 Å². The van der Waals surface area contributed by atoms with Gasteiger partial charge in [-0.05, 0) is 44.1 Å². The summed E-state index contributed by atoms with van der Waals surface area (Å²) >= 11 is 5.87. The molecule has 1 aromatic rings. The Morgan fingerprint density at radius 3 is 3.11 bits per heavy atom. The Kier molecular flexibility index (Phi) is 5.05. The molecule has 1 atom stereocenters. The molecule has 1 aliphatic heterocycles. The zero-order valence-corrected chi connectivity index (χ0v) is 11.9. The zero-order chi connectivity index (χ0) is 13.7. The summed E-state index contributed by atoms with van der Waals surface area (Å²) in [6.07, 6.45) is 2.38. The van der Waals surface area contributed by atoms with Gasteiger partial charge in [-0.3, -0.25) is 4.90 Å². The molecule has 4 nitrogen and oxygen atoms in total. The van der Waals surface area contributed by atoms with Crippen molar-refractivity contribution in [3.8, 4) is 0 Å². The van der Waals surface area contributed by atoms with Crippen molar-refractivity contribution in [3.63, 3.8) is 0 Å². The van der Waals surface area contributed by atoms with Gasteiger partial charge in [0.2, 0.25) is 0 Å². The first kappa shape index (κ1) is 14.2. The molecule has 1 saturated heterocycles. The van der Waals surface area contributed by atoms with Gasteiger partial charge in [0.15, 0.2) is 0 Å². The lowest BCUT2D eigenvalue weighted by molar-refractivity contribution is 0.238. The summed E-state index contributed by atoms with van der Waals surface area (Å²) < 4.78 is 0. The summed E-state index contributed by atoms with van der Waals surface area (Å²) in [5.74, 6) is 0. The third-order valence-corrected chi connectivity index (χ3v) is 3.72. The van der Waals surface area contributed by atoms with Crippen LogP contribution in [0.15, 0.2) is 24.3 Å². The van der Waals surface area contributed by atoms with Crippen LogP contribution in [0.25, 0.3) is 0 Å². The van der Waals surface area contributed by atoms with Gasteiger partial charge in [0, 0.05) is 23.3 Å². The van der Waals surface area contributed by atoms with E-state index in [2.05, 4.69) is 22.5 Å². The average molecular weight is 282 g/mol. The molecular weight excluding hydrogens is 262 g/mol. The summed E-state index contributed by atoms with van der Waals surface area (Å²) in [4.78, 5) is 14.2. The van der Waals surface area contributed by atoms with Crippen LogP contribution in [0.2, 0.25) is 5.02 Å². The van der Waals surface area contributed by atoms with Gasteiger partial charge in [-0.15, -0.1) is 0 Å². The van der Waals surface area contributed by atoms with Gasteiger partial charge in [-0.2, -0.15) is 0 Å². The molecule has 0 bridgehead atoms. The molecule has 1 unspecified atom stereocenters. The van der Waals surface area contributed by atoms with Crippen molar-refractivity contribution in [2.75, 3.05) is 25.0 Å². The van der Waals surface area contributed by atoms with Crippen LogP contribution in [0.4, 0.5) is 10.5 Å². The van der Waals surface area contributed by atoms with Crippen LogP contribution in [-0.2, 0) is 0 Å². The van der Waals surface area contributed by atoms with Gasteiger partial charge in [-0.25, -0.2) is 4.79 Å². The smallest absolute Gasteiger partial charge is 0.319 e. The number of carbonyl (C=O) groups excluding carboxylic acids is 1. The quantitative estimate of drug-likeness (QED) is 0.891. The standard InChI is InChI=1S/C14H20ClN3O/c1-2-18-8-4-7-13(18)10-16-14(19)17-12-6-3-5-11(15)9-12/h3,5-6,9,13H,2,4,7-8,10H2,1H3,(H2,16,17,19). The van der Waals surface area contributed by atoms with E-state index in [4.69, 9.17) is 11.6 Å². The lowest BCUT2D eigenvalue weighted by Gasteiger charge is -2.22. The normalized spacial score (nSPS) is 19.4. The molecule has 19 heavy (non-hydrogen) atoms. The van der Waals surface area contributed by atoms with Crippen molar-refractivity contribution in [2.45, 2.75) is 25.8 Å². The summed E-state index contributed by atoms with van der Waals surface area (Å²) in [6, 6.07) is 7.44. The Morgan fingerprint density at radius 1 is 1.53 bits per heavy atom. The molecule has 5 heteroatoms. The van der Waals surface area contributed by atoms with Gasteiger partial charge >= 0.3 is 6.03 Å². The van der Waals surface area contributed by atoms with Crippen molar-refractivity contribution >= 4 is 23.3 Å². The number of rotatable bonds is 4. The number of carbonyl (C=O) groups is 1. The zero-order valence-electron chi connectivity index (χ0n) is 11.2. The minimum absolute atomic E-state index is 0.176. The second-order valence-electron chi connectivity index (χ2n) is 4.77. The first-order chi connectivity index (χ1) is 9.19.